The molecule has 0 bridgehead atoms. The molecule has 0 saturated carbocycles. The van der Waals surface area contributed by atoms with Crippen molar-refractivity contribution in [1.82, 2.24) is 0 Å². The van der Waals surface area contributed by atoms with Gasteiger partial charge in [0.05, 0.1) is 24.5 Å². The molecule has 0 saturated heterocycles. The van der Waals surface area contributed by atoms with Crippen LogP contribution in [0, 0.1) is 5.92 Å². The predicted octanol–water partition coefficient (Wildman–Crippen LogP) is 7.98. The van der Waals surface area contributed by atoms with E-state index in [0.29, 0.717) is 35.5 Å². The number of ether oxygens (including phenoxy) is 1. The van der Waals surface area contributed by atoms with Gasteiger partial charge in [-0.25, -0.2) is 0 Å². The first-order valence-corrected chi connectivity index (χ1v) is 13.4. The lowest BCUT2D eigenvalue weighted by Crippen LogP contribution is -2.07. The molecule has 35 heavy (non-hydrogen) atoms. The van der Waals surface area contributed by atoms with Gasteiger partial charge in [-0.3, -0.25) is 4.79 Å². The second-order valence-electron chi connectivity index (χ2n) is 7.97. The number of rotatable bonds is 10. The zero-order valence-corrected chi connectivity index (χ0v) is 23.2. The molecule has 3 rings (SSSR count). The van der Waals surface area contributed by atoms with Gasteiger partial charge in [-0.05, 0) is 54.0 Å². The molecule has 0 unspecified atom stereocenters. The molecule has 0 aliphatic heterocycles. The van der Waals surface area contributed by atoms with Crippen LogP contribution in [0.3, 0.4) is 0 Å². The van der Waals surface area contributed by atoms with Gasteiger partial charge in [0.25, 0.3) is 0 Å². The molecule has 0 amide bonds. The fraction of sp³-hybridized carbons (Fsp3) is 0.481. The third-order valence-corrected chi connectivity index (χ3v) is 5.24. The molecule has 0 aliphatic rings. The van der Waals surface area contributed by atoms with E-state index in [1.54, 1.807) is 30.9 Å². The number of unbranched alkanes of at least 4 members (excludes halogenated alkanes) is 1. The SMILES string of the molecule is CC(C)CC(=O)OCc1ccco1.CC(C)SCc1ccco1.CCCC=O.SCc1ccco1. The quantitative estimate of drug-likeness (QED) is 0.163. The summed E-state index contributed by atoms with van der Waals surface area (Å²) in [5, 5.41) is 0.685. The predicted molar refractivity (Wildman–Crippen MR) is 145 cm³/mol. The number of hydrogen-bond donors (Lipinski definition) is 1. The molecule has 3 aromatic rings. The van der Waals surface area contributed by atoms with E-state index in [1.807, 2.05) is 56.8 Å². The van der Waals surface area contributed by atoms with Gasteiger partial charge in [0.15, 0.2) is 0 Å². The zero-order chi connectivity index (χ0) is 26.3. The minimum atomic E-state index is -0.175. The molecule has 0 aliphatic carbocycles. The Balaban J connectivity index is 0.000000467. The molecule has 0 fully saturated rings. The van der Waals surface area contributed by atoms with Crippen molar-refractivity contribution in [1.29, 1.82) is 0 Å². The van der Waals surface area contributed by atoms with Gasteiger partial charge in [0, 0.05) is 18.6 Å². The monoisotopic (exact) mass is 524 g/mol. The van der Waals surface area contributed by atoms with E-state index in [2.05, 4.69) is 26.5 Å². The third-order valence-electron chi connectivity index (χ3n) is 3.81. The van der Waals surface area contributed by atoms with E-state index in [1.165, 1.54) is 0 Å². The fourth-order valence-corrected chi connectivity index (χ4v) is 2.94. The highest BCUT2D eigenvalue weighted by Crippen LogP contribution is 2.16. The fourth-order valence-electron chi connectivity index (χ4n) is 2.10. The molecule has 3 heterocycles. The number of thiol groups is 1. The molecular weight excluding hydrogens is 484 g/mol. The first-order chi connectivity index (χ1) is 16.8. The second kappa shape index (κ2) is 22.2. The Morgan fingerprint density at radius 3 is 1.86 bits per heavy atom. The first-order valence-electron chi connectivity index (χ1n) is 11.7. The molecule has 0 spiro atoms. The Hall–Kier alpha value is -2.32. The Morgan fingerprint density at radius 2 is 1.51 bits per heavy atom. The standard InChI is InChI=1S/C10H14O3.C8H12OS.C5H6OS.C4H8O/c1-8(2)6-10(11)13-7-9-4-3-5-12-9;1-7(2)10-6-8-4-3-5-9-8;7-4-5-2-1-3-6-5;1-2-3-4-5/h3-5,8H,6-7H2,1-2H3;3-5,7H,6H2,1-2H3;1-3,7H,4H2;4H,2-3H2,1H3. The molecule has 0 aromatic carbocycles. The van der Waals surface area contributed by atoms with Crippen molar-refractivity contribution in [3.05, 3.63) is 72.5 Å². The van der Waals surface area contributed by atoms with Crippen molar-refractivity contribution in [2.45, 2.75) is 77.2 Å². The van der Waals surface area contributed by atoms with Crippen LogP contribution >= 0.6 is 24.4 Å². The van der Waals surface area contributed by atoms with Crippen LogP contribution in [0.25, 0.3) is 0 Å². The number of aldehydes is 1. The minimum absolute atomic E-state index is 0.175. The third kappa shape index (κ3) is 20.7. The lowest BCUT2D eigenvalue weighted by molar-refractivity contribution is -0.146. The van der Waals surface area contributed by atoms with Crippen LogP contribution in [0.4, 0.5) is 0 Å². The number of carbonyl (C=O) groups is 2. The summed E-state index contributed by atoms with van der Waals surface area (Å²) in [6, 6.07) is 11.2. The van der Waals surface area contributed by atoms with Crippen molar-refractivity contribution in [2.75, 3.05) is 0 Å². The molecule has 0 radical (unpaired) electrons. The van der Waals surface area contributed by atoms with Crippen LogP contribution in [0.5, 0.6) is 0 Å². The van der Waals surface area contributed by atoms with Gasteiger partial charge < -0.3 is 22.8 Å². The van der Waals surface area contributed by atoms with Gasteiger partial charge in [0.2, 0.25) is 0 Å². The second-order valence-corrected chi connectivity index (χ2v) is 9.85. The average Bonchev–Trinajstić information content (AvgIpc) is 3.61. The number of thioether (sulfide) groups is 1. The Bertz CT molecular complexity index is 825. The van der Waals surface area contributed by atoms with Crippen molar-refractivity contribution in [2.24, 2.45) is 5.92 Å². The van der Waals surface area contributed by atoms with E-state index in [4.69, 9.17) is 18.0 Å². The summed E-state index contributed by atoms with van der Waals surface area (Å²) in [6.45, 7) is 10.6. The van der Waals surface area contributed by atoms with Gasteiger partial charge >= 0.3 is 5.97 Å². The largest absolute Gasteiger partial charge is 0.468 e. The van der Waals surface area contributed by atoms with Gasteiger partial charge in [-0.15, -0.1) is 0 Å². The summed E-state index contributed by atoms with van der Waals surface area (Å²) >= 11 is 5.88. The summed E-state index contributed by atoms with van der Waals surface area (Å²) in [6.07, 6.45) is 8.00. The number of hydrogen-bond acceptors (Lipinski definition) is 8. The van der Waals surface area contributed by atoms with E-state index in [0.717, 1.165) is 30.0 Å². The maximum absolute atomic E-state index is 11.1. The lowest BCUT2D eigenvalue weighted by Gasteiger charge is -2.04. The van der Waals surface area contributed by atoms with Crippen molar-refractivity contribution in [3.63, 3.8) is 0 Å². The van der Waals surface area contributed by atoms with Crippen LogP contribution in [-0.4, -0.2) is 17.5 Å². The summed E-state index contributed by atoms with van der Waals surface area (Å²) in [5.74, 6) is 4.51. The summed E-state index contributed by atoms with van der Waals surface area (Å²) in [5.41, 5.74) is 0. The number of esters is 1. The molecular formula is C27H40O6S2. The van der Waals surface area contributed by atoms with Crippen molar-refractivity contribution >= 4 is 36.6 Å². The molecule has 0 N–H and O–H groups in total. The van der Waals surface area contributed by atoms with E-state index >= 15 is 0 Å². The van der Waals surface area contributed by atoms with E-state index in [9.17, 15) is 9.59 Å². The zero-order valence-electron chi connectivity index (χ0n) is 21.5. The number of furan rings is 3. The van der Waals surface area contributed by atoms with Crippen LogP contribution in [0.15, 0.2) is 68.4 Å². The summed E-state index contributed by atoms with van der Waals surface area (Å²) in [4.78, 5) is 20.5. The highest BCUT2D eigenvalue weighted by Gasteiger charge is 2.06. The smallest absolute Gasteiger partial charge is 0.306 e. The maximum atomic E-state index is 11.1. The lowest BCUT2D eigenvalue weighted by atomic mass is 10.1. The highest BCUT2D eigenvalue weighted by molar-refractivity contribution is 7.99. The topological polar surface area (TPSA) is 82.8 Å². The van der Waals surface area contributed by atoms with Crippen molar-refractivity contribution in [3.8, 4) is 0 Å². The van der Waals surface area contributed by atoms with Crippen LogP contribution in [0.2, 0.25) is 0 Å². The van der Waals surface area contributed by atoms with Crippen LogP contribution in [-0.2, 0) is 32.4 Å². The van der Waals surface area contributed by atoms with Gasteiger partial charge in [-0.2, -0.15) is 24.4 Å². The normalized spacial score (nSPS) is 9.83. The van der Waals surface area contributed by atoms with E-state index in [-0.39, 0.29) is 12.6 Å². The average molecular weight is 525 g/mol. The number of carbonyl (C=O) groups excluding carboxylic acids is 2. The molecule has 196 valence electrons. The first kappa shape index (κ1) is 32.7. The minimum Gasteiger partial charge on any atom is -0.468 e. The molecule has 6 nitrogen and oxygen atoms in total. The van der Waals surface area contributed by atoms with E-state index < -0.39 is 0 Å². The Morgan fingerprint density at radius 1 is 0.971 bits per heavy atom. The summed E-state index contributed by atoms with van der Waals surface area (Å²) in [7, 11) is 0. The highest BCUT2D eigenvalue weighted by atomic mass is 32.2. The molecule has 3 aromatic heterocycles. The van der Waals surface area contributed by atoms with Gasteiger partial charge in [-0.1, -0.05) is 34.6 Å². The Kier molecular flexibility index (Phi) is 20.7. The van der Waals surface area contributed by atoms with Crippen LogP contribution in [0.1, 0.15) is 71.2 Å². The summed E-state index contributed by atoms with van der Waals surface area (Å²) < 4.78 is 20.0. The van der Waals surface area contributed by atoms with Crippen LogP contribution < -0.4 is 0 Å². The maximum Gasteiger partial charge on any atom is 0.306 e. The molecule has 0 atom stereocenters. The molecule has 8 heteroatoms. The van der Waals surface area contributed by atoms with Gasteiger partial charge in [0.1, 0.15) is 30.2 Å². The Labute approximate surface area is 219 Å². The van der Waals surface area contributed by atoms with Crippen molar-refractivity contribution < 1.29 is 27.6 Å².